The molecular formula is C19H18FN2O2+. The lowest BCUT2D eigenvalue weighted by Gasteiger charge is -2.26. The van der Waals surface area contributed by atoms with Crippen LogP contribution in [0.1, 0.15) is 22.9 Å². The fourth-order valence-corrected chi connectivity index (χ4v) is 3.61. The van der Waals surface area contributed by atoms with Crippen molar-refractivity contribution >= 4 is 16.9 Å². The lowest BCUT2D eigenvalue weighted by atomic mass is 9.90. The number of halogens is 1. The van der Waals surface area contributed by atoms with Crippen LogP contribution >= 0.6 is 0 Å². The average molecular weight is 325 g/mol. The van der Waals surface area contributed by atoms with Crippen molar-refractivity contribution in [2.45, 2.75) is 18.5 Å². The number of rotatable bonds is 2. The largest absolute Gasteiger partial charge is 0.465 e. The topological polar surface area (TPSA) is 58.7 Å². The highest BCUT2D eigenvalue weighted by atomic mass is 19.1. The molecule has 0 fully saturated rings. The van der Waals surface area contributed by atoms with Crippen LogP contribution in [0.3, 0.4) is 0 Å². The Morgan fingerprint density at radius 2 is 2.08 bits per heavy atom. The molecule has 2 aromatic carbocycles. The van der Waals surface area contributed by atoms with Gasteiger partial charge in [-0.15, -0.1) is 0 Å². The molecule has 2 heterocycles. The first kappa shape index (κ1) is 14.9. The summed E-state index contributed by atoms with van der Waals surface area (Å²) in [6, 6.07) is 14.1. The molecule has 0 unspecified atom stereocenters. The highest BCUT2D eigenvalue weighted by Crippen LogP contribution is 2.32. The van der Waals surface area contributed by atoms with Gasteiger partial charge in [0.25, 0.3) is 0 Å². The van der Waals surface area contributed by atoms with Crippen LogP contribution in [0.2, 0.25) is 0 Å². The third kappa shape index (κ3) is 2.37. The zero-order valence-electron chi connectivity index (χ0n) is 13.3. The lowest BCUT2D eigenvalue weighted by Crippen LogP contribution is -2.94. The number of hydrogen-bond acceptors (Lipinski definition) is 2. The second-order valence-electron chi connectivity index (χ2n) is 6.12. The summed E-state index contributed by atoms with van der Waals surface area (Å²) in [7, 11) is 1.40. The lowest BCUT2D eigenvalue weighted by molar-refractivity contribution is -0.712. The van der Waals surface area contributed by atoms with Crippen molar-refractivity contribution in [3.63, 3.8) is 0 Å². The second kappa shape index (κ2) is 5.76. The third-order valence-electron chi connectivity index (χ3n) is 4.72. The second-order valence-corrected chi connectivity index (χ2v) is 6.12. The number of carbonyl (C=O) groups is 1. The Balaban J connectivity index is 1.88. The number of hydrogen-bond donors (Lipinski definition) is 2. The summed E-state index contributed by atoms with van der Waals surface area (Å²) >= 11 is 0. The summed E-state index contributed by atoms with van der Waals surface area (Å²) in [4.78, 5) is 15.6. The summed E-state index contributed by atoms with van der Waals surface area (Å²) in [5.41, 5.74) is 4.00. The molecule has 1 aliphatic rings. The van der Waals surface area contributed by atoms with Crippen LogP contribution in [-0.4, -0.2) is 24.1 Å². The fraction of sp³-hybridized carbons (Fsp3) is 0.211. The molecule has 0 spiro atoms. The molecule has 2 atom stereocenters. The minimum Gasteiger partial charge on any atom is -0.465 e. The zero-order chi connectivity index (χ0) is 16.7. The van der Waals surface area contributed by atoms with E-state index < -0.39 is 0 Å². The minimum atomic E-state index is -0.338. The van der Waals surface area contributed by atoms with Crippen LogP contribution < -0.4 is 5.32 Å². The number of fused-ring (bicyclic) bond motifs is 3. The molecule has 4 nitrogen and oxygen atoms in total. The van der Waals surface area contributed by atoms with Gasteiger partial charge < -0.3 is 15.0 Å². The molecule has 0 saturated carbocycles. The quantitative estimate of drug-likeness (QED) is 0.709. The van der Waals surface area contributed by atoms with Crippen LogP contribution in [0.25, 0.3) is 10.9 Å². The molecule has 0 radical (unpaired) electrons. The Labute approximate surface area is 138 Å². The predicted molar refractivity (Wildman–Crippen MR) is 88.0 cm³/mol. The maximum atomic E-state index is 13.7. The number of ether oxygens (including phenoxy) is 1. The molecular weight excluding hydrogens is 307 g/mol. The van der Waals surface area contributed by atoms with E-state index in [-0.39, 0.29) is 23.9 Å². The van der Waals surface area contributed by atoms with Crippen LogP contribution in [-0.2, 0) is 16.0 Å². The van der Waals surface area contributed by atoms with E-state index in [1.807, 2.05) is 35.6 Å². The van der Waals surface area contributed by atoms with E-state index in [9.17, 15) is 9.18 Å². The summed E-state index contributed by atoms with van der Waals surface area (Å²) in [5, 5.41) is 3.06. The van der Waals surface area contributed by atoms with Crippen molar-refractivity contribution in [1.82, 2.24) is 4.98 Å². The highest BCUT2D eigenvalue weighted by Gasteiger charge is 2.38. The van der Waals surface area contributed by atoms with Gasteiger partial charge in [-0.25, -0.2) is 9.18 Å². The molecule has 5 heteroatoms. The van der Waals surface area contributed by atoms with E-state index in [0.29, 0.717) is 6.42 Å². The van der Waals surface area contributed by atoms with Crippen molar-refractivity contribution in [3.05, 3.63) is 71.2 Å². The smallest absolute Gasteiger partial charge is 0.364 e. The Kier molecular flexibility index (Phi) is 3.58. The van der Waals surface area contributed by atoms with E-state index in [1.54, 1.807) is 6.07 Å². The van der Waals surface area contributed by atoms with Gasteiger partial charge in [-0.1, -0.05) is 30.3 Å². The first-order chi connectivity index (χ1) is 11.7. The Hall–Kier alpha value is -2.66. The number of nitrogens with one attached hydrogen (secondary N) is 1. The molecule has 3 N–H and O–H groups in total. The van der Waals surface area contributed by atoms with Gasteiger partial charge in [-0.3, -0.25) is 0 Å². The van der Waals surface area contributed by atoms with E-state index in [0.717, 1.165) is 27.7 Å². The van der Waals surface area contributed by atoms with Crippen molar-refractivity contribution < 1.29 is 19.2 Å². The van der Waals surface area contributed by atoms with E-state index in [1.165, 1.54) is 19.2 Å². The summed E-state index contributed by atoms with van der Waals surface area (Å²) in [6.45, 7) is 0. The minimum absolute atomic E-state index is 0.166. The van der Waals surface area contributed by atoms with Gasteiger partial charge in [0, 0.05) is 22.9 Å². The van der Waals surface area contributed by atoms with Gasteiger partial charge in [-0.05, 0) is 23.8 Å². The van der Waals surface area contributed by atoms with E-state index in [4.69, 9.17) is 4.74 Å². The standard InChI is InChI=1S/C19H17FN2O2/c1-24-19(23)16-10-14-13-7-2-3-8-15(13)21-18(14)17(22-16)11-5-4-6-12(20)9-11/h2-9,16-17,21-22H,10H2,1H3/p+1/t16-,17+/m0/s1. The van der Waals surface area contributed by atoms with Crippen LogP contribution in [0.15, 0.2) is 48.5 Å². The van der Waals surface area contributed by atoms with Gasteiger partial charge in [0.15, 0.2) is 12.1 Å². The van der Waals surface area contributed by atoms with E-state index in [2.05, 4.69) is 4.98 Å². The number of quaternary nitrogens is 1. The molecule has 4 rings (SSSR count). The number of aromatic amines is 1. The SMILES string of the molecule is COC(=O)[C@@H]1Cc2c([nH]c3ccccc23)[C@@H](c2cccc(F)c2)[NH2+]1. The number of nitrogens with two attached hydrogens (primary N) is 1. The predicted octanol–water partition coefficient (Wildman–Crippen LogP) is 2.06. The zero-order valence-corrected chi connectivity index (χ0v) is 13.3. The Bertz CT molecular complexity index is 919. The molecule has 3 aromatic rings. The van der Waals surface area contributed by atoms with Crippen molar-refractivity contribution in [1.29, 1.82) is 0 Å². The maximum Gasteiger partial charge on any atom is 0.364 e. The number of benzene rings is 2. The highest BCUT2D eigenvalue weighted by molar-refractivity contribution is 5.86. The van der Waals surface area contributed by atoms with Gasteiger partial charge in [0.05, 0.1) is 12.8 Å². The van der Waals surface area contributed by atoms with Gasteiger partial charge in [-0.2, -0.15) is 0 Å². The summed E-state index contributed by atoms with van der Waals surface area (Å²) in [5.74, 6) is -0.536. The molecule has 1 aromatic heterocycles. The number of esters is 1. The Morgan fingerprint density at radius 3 is 2.88 bits per heavy atom. The summed E-state index contributed by atoms with van der Waals surface area (Å²) < 4.78 is 18.7. The molecule has 0 amide bonds. The van der Waals surface area contributed by atoms with Crippen molar-refractivity contribution in [2.24, 2.45) is 0 Å². The average Bonchev–Trinajstić information content (AvgIpc) is 2.99. The maximum absolute atomic E-state index is 13.7. The number of carbonyl (C=O) groups excluding carboxylic acids is 1. The van der Waals surface area contributed by atoms with Crippen molar-refractivity contribution in [3.8, 4) is 0 Å². The number of aromatic nitrogens is 1. The first-order valence-electron chi connectivity index (χ1n) is 7.95. The van der Waals surface area contributed by atoms with Gasteiger partial charge >= 0.3 is 5.97 Å². The molecule has 1 aliphatic heterocycles. The molecule has 0 bridgehead atoms. The normalized spacial score (nSPS) is 19.9. The van der Waals surface area contributed by atoms with Crippen LogP contribution in [0, 0.1) is 5.82 Å². The molecule has 0 saturated heterocycles. The van der Waals surface area contributed by atoms with E-state index >= 15 is 0 Å². The molecule has 0 aliphatic carbocycles. The first-order valence-corrected chi connectivity index (χ1v) is 7.95. The van der Waals surface area contributed by atoms with Crippen molar-refractivity contribution in [2.75, 3.05) is 7.11 Å². The van der Waals surface area contributed by atoms with Crippen LogP contribution in [0.5, 0.6) is 0 Å². The van der Waals surface area contributed by atoms with Crippen LogP contribution in [0.4, 0.5) is 4.39 Å². The van der Waals surface area contributed by atoms with Gasteiger partial charge in [0.1, 0.15) is 5.82 Å². The number of H-pyrrole nitrogens is 1. The number of para-hydroxylation sites is 1. The number of methoxy groups -OCH3 is 1. The fourth-order valence-electron chi connectivity index (χ4n) is 3.61. The van der Waals surface area contributed by atoms with Gasteiger partial charge in [0.2, 0.25) is 0 Å². The third-order valence-corrected chi connectivity index (χ3v) is 4.72. The monoisotopic (exact) mass is 325 g/mol. The Morgan fingerprint density at radius 1 is 1.25 bits per heavy atom. The molecule has 24 heavy (non-hydrogen) atoms. The summed E-state index contributed by atoms with van der Waals surface area (Å²) in [6.07, 6.45) is 0.595. The molecule has 122 valence electrons.